The molecule has 7 heteroatoms. The Morgan fingerprint density at radius 1 is 1.06 bits per heavy atom. The molecule has 0 bridgehead atoms. The van der Waals surface area contributed by atoms with Crippen LogP contribution in [0, 0.1) is 6.92 Å². The summed E-state index contributed by atoms with van der Waals surface area (Å²) in [7, 11) is 3.59. The Bertz CT molecular complexity index is 1460. The van der Waals surface area contributed by atoms with Gasteiger partial charge in [-0.15, -0.1) is 0 Å². The monoisotopic (exact) mass is 501 g/mol. The van der Waals surface area contributed by atoms with Crippen LogP contribution in [0.15, 0.2) is 72.9 Å². The number of anilines is 1. The second kappa shape index (κ2) is 9.80. The molecule has 2 heterocycles. The molecule has 0 unspecified atom stereocenters. The molecule has 2 atom stereocenters. The first-order valence-electron chi connectivity index (χ1n) is 11.9. The summed E-state index contributed by atoms with van der Waals surface area (Å²) in [5.74, 6) is -0.988. The van der Waals surface area contributed by atoms with E-state index in [1.165, 1.54) is 0 Å². The van der Waals surface area contributed by atoms with Gasteiger partial charge in [0.15, 0.2) is 0 Å². The van der Waals surface area contributed by atoms with Crippen molar-refractivity contribution in [3.8, 4) is 0 Å². The zero-order valence-corrected chi connectivity index (χ0v) is 21.3. The fourth-order valence-electron chi connectivity index (χ4n) is 5.20. The highest BCUT2D eigenvalue weighted by molar-refractivity contribution is 6.33. The fourth-order valence-corrected chi connectivity index (χ4v) is 5.48. The number of aromatic nitrogens is 1. The lowest BCUT2D eigenvalue weighted by Crippen LogP contribution is -2.47. The topological polar surface area (TPSA) is 63.6 Å². The van der Waals surface area contributed by atoms with Crippen LogP contribution in [-0.2, 0) is 16.6 Å². The van der Waals surface area contributed by atoms with Crippen molar-refractivity contribution < 1.29 is 14.3 Å². The number of carbonyl (C=O) groups is 2. The lowest BCUT2D eigenvalue weighted by atomic mass is 9.79. The third-order valence-electron chi connectivity index (χ3n) is 6.89. The lowest BCUT2D eigenvalue weighted by Gasteiger charge is -2.41. The molecule has 0 saturated heterocycles. The van der Waals surface area contributed by atoms with Gasteiger partial charge in [-0.25, -0.2) is 0 Å². The minimum Gasteiger partial charge on any atom is -0.383 e. The molecule has 36 heavy (non-hydrogen) atoms. The van der Waals surface area contributed by atoms with Crippen molar-refractivity contribution in [1.82, 2.24) is 9.47 Å². The maximum atomic E-state index is 14.1. The van der Waals surface area contributed by atoms with E-state index < -0.39 is 12.0 Å². The first-order chi connectivity index (χ1) is 17.4. The molecule has 5 rings (SSSR count). The number of ether oxygens (including phenoxy) is 1. The van der Waals surface area contributed by atoms with E-state index in [4.69, 9.17) is 16.3 Å². The summed E-state index contributed by atoms with van der Waals surface area (Å²) in [6.07, 6.45) is 2.02. The van der Waals surface area contributed by atoms with Gasteiger partial charge in [0.05, 0.1) is 29.3 Å². The first kappa shape index (κ1) is 24.1. The number of rotatable bonds is 6. The molecular weight excluding hydrogens is 474 g/mol. The van der Waals surface area contributed by atoms with E-state index in [1.54, 1.807) is 18.1 Å². The normalized spacial score (nSPS) is 17.3. The summed E-state index contributed by atoms with van der Waals surface area (Å²) in [6, 6.07) is 20.4. The molecular formula is C29H28ClN3O3. The predicted molar refractivity (Wildman–Crippen MR) is 143 cm³/mol. The predicted octanol–water partition coefficient (Wildman–Crippen LogP) is 5.71. The number of benzene rings is 3. The average molecular weight is 502 g/mol. The van der Waals surface area contributed by atoms with Crippen molar-refractivity contribution in [1.29, 1.82) is 0 Å². The van der Waals surface area contributed by atoms with Crippen LogP contribution in [-0.4, -0.2) is 41.5 Å². The Kier molecular flexibility index (Phi) is 6.56. The molecule has 1 aliphatic heterocycles. The van der Waals surface area contributed by atoms with E-state index in [0.717, 1.165) is 22.0 Å². The number of nitrogens with zero attached hydrogens (tertiary/aromatic N) is 2. The highest BCUT2D eigenvalue weighted by Gasteiger charge is 2.45. The summed E-state index contributed by atoms with van der Waals surface area (Å²) in [5.41, 5.74) is 4.73. The van der Waals surface area contributed by atoms with Crippen LogP contribution in [0.2, 0.25) is 5.02 Å². The highest BCUT2D eigenvalue weighted by atomic mass is 35.5. The van der Waals surface area contributed by atoms with E-state index >= 15 is 0 Å². The number of methoxy groups -OCH3 is 1. The van der Waals surface area contributed by atoms with Gasteiger partial charge in [-0.1, -0.05) is 54.1 Å². The van der Waals surface area contributed by atoms with Crippen LogP contribution >= 0.6 is 11.6 Å². The van der Waals surface area contributed by atoms with Crippen molar-refractivity contribution >= 4 is 40.0 Å². The van der Waals surface area contributed by atoms with Crippen molar-refractivity contribution in [2.24, 2.45) is 7.05 Å². The largest absolute Gasteiger partial charge is 0.383 e. The van der Waals surface area contributed by atoms with Gasteiger partial charge in [-0.05, 0) is 42.3 Å². The summed E-state index contributed by atoms with van der Waals surface area (Å²) in [6.45, 7) is 2.66. The van der Waals surface area contributed by atoms with Gasteiger partial charge < -0.3 is 19.5 Å². The number of fused-ring (bicyclic) bond motifs is 2. The van der Waals surface area contributed by atoms with E-state index in [1.807, 2.05) is 85.4 Å². The molecule has 184 valence electrons. The number of hydrogen-bond donors (Lipinski definition) is 1. The highest BCUT2D eigenvalue weighted by Crippen LogP contribution is 2.45. The number of nitrogens with one attached hydrogen (secondary N) is 1. The molecule has 1 aromatic heterocycles. The van der Waals surface area contributed by atoms with Crippen molar-refractivity contribution in [3.63, 3.8) is 0 Å². The van der Waals surface area contributed by atoms with Crippen LogP contribution in [0.25, 0.3) is 10.9 Å². The van der Waals surface area contributed by atoms with Crippen LogP contribution in [0.4, 0.5) is 5.69 Å². The minimum absolute atomic E-state index is 0.113. The number of amides is 2. The van der Waals surface area contributed by atoms with Gasteiger partial charge in [0.1, 0.15) is 0 Å². The third kappa shape index (κ3) is 4.16. The first-order valence-corrected chi connectivity index (χ1v) is 12.3. The molecule has 6 nitrogen and oxygen atoms in total. The van der Waals surface area contributed by atoms with Crippen LogP contribution in [0.5, 0.6) is 0 Å². The molecule has 1 N–H and O–H groups in total. The summed E-state index contributed by atoms with van der Waals surface area (Å²) >= 11 is 6.47. The number of carbonyl (C=O) groups excluding carboxylic acids is 2. The molecule has 0 fully saturated rings. The quantitative estimate of drug-likeness (QED) is 0.368. The van der Waals surface area contributed by atoms with E-state index in [9.17, 15) is 9.59 Å². The maximum Gasteiger partial charge on any atom is 0.254 e. The zero-order valence-electron chi connectivity index (χ0n) is 20.5. The van der Waals surface area contributed by atoms with Crippen molar-refractivity contribution in [2.75, 3.05) is 25.6 Å². The second-order valence-electron chi connectivity index (χ2n) is 9.19. The Morgan fingerprint density at radius 2 is 1.81 bits per heavy atom. The molecule has 1 aliphatic rings. The van der Waals surface area contributed by atoms with Gasteiger partial charge >= 0.3 is 0 Å². The van der Waals surface area contributed by atoms with Gasteiger partial charge in [-0.2, -0.15) is 0 Å². The van der Waals surface area contributed by atoms with Crippen LogP contribution in [0.3, 0.4) is 0 Å². The molecule has 4 aromatic rings. The Morgan fingerprint density at radius 3 is 2.58 bits per heavy atom. The Labute approximate surface area is 215 Å². The van der Waals surface area contributed by atoms with Gasteiger partial charge in [0.2, 0.25) is 5.91 Å². The number of aryl methyl sites for hydroxylation is 2. The average Bonchev–Trinajstić information content (AvgIpc) is 3.21. The zero-order chi connectivity index (χ0) is 25.4. The standard InChI is InChI=1S/C29H28ClN3O3/c1-18-12-13-24(23(30)16-18)31-28(34)26-20-9-4-5-10-21(20)29(35)33(14-15-36-3)27(26)22-17-32(2)25-11-7-6-8-19(22)25/h4-13,16-17,26-27H,14-15H2,1-3H3,(H,31,34)/t26-,27-/m0/s1. The van der Waals surface area contributed by atoms with E-state index in [2.05, 4.69) is 5.32 Å². The van der Waals surface area contributed by atoms with Crippen LogP contribution < -0.4 is 5.32 Å². The SMILES string of the molecule is COCCN1C(=O)c2ccccc2[C@H](C(=O)Nc2ccc(C)cc2Cl)[C@@H]1c1cn(C)c2ccccc12. The third-order valence-corrected chi connectivity index (χ3v) is 7.20. The van der Waals surface area contributed by atoms with Gasteiger partial charge in [0, 0.05) is 48.9 Å². The van der Waals surface area contributed by atoms with E-state index in [0.29, 0.717) is 35.0 Å². The smallest absolute Gasteiger partial charge is 0.254 e. The number of hydrogen-bond acceptors (Lipinski definition) is 3. The number of para-hydroxylation sites is 1. The summed E-state index contributed by atoms with van der Waals surface area (Å²) < 4.78 is 7.40. The Balaban J connectivity index is 1.69. The van der Waals surface area contributed by atoms with Crippen molar-refractivity contribution in [2.45, 2.75) is 18.9 Å². The Hall–Kier alpha value is -3.61. The summed E-state index contributed by atoms with van der Waals surface area (Å²) in [5, 5.41) is 4.53. The summed E-state index contributed by atoms with van der Waals surface area (Å²) in [4.78, 5) is 29.6. The van der Waals surface area contributed by atoms with Gasteiger partial charge in [-0.3, -0.25) is 9.59 Å². The van der Waals surface area contributed by atoms with Gasteiger partial charge in [0.25, 0.3) is 5.91 Å². The number of halogens is 1. The minimum atomic E-state index is -0.654. The molecule has 0 aliphatic carbocycles. The molecule has 2 amide bonds. The lowest BCUT2D eigenvalue weighted by molar-refractivity contribution is -0.119. The molecule has 0 spiro atoms. The molecule has 3 aromatic carbocycles. The van der Waals surface area contributed by atoms with E-state index in [-0.39, 0.29) is 11.8 Å². The fraction of sp³-hybridized carbons (Fsp3) is 0.241. The maximum absolute atomic E-state index is 14.1. The molecule has 0 saturated carbocycles. The van der Waals surface area contributed by atoms with Crippen LogP contribution in [0.1, 0.15) is 39.0 Å². The second-order valence-corrected chi connectivity index (χ2v) is 9.59. The molecule has 0 radical (unpaired) electrons. The van der Waals surface area contributed by atoms with Crippen molar-refractivity contribution in [3.05, 3.63) is 100 Å².